The van der Waals surface area contributed by atoms with Crippen molar-refractivity contribution in [3.05, 3.63) is 53.9 Å². The van der Waals surface area contributed by atoms with E-state index in [1.807, 2.05) is 0 Å². The van der Waals surface area contributed by atoms with E-state index in [-0.39, 0.29) is 18.7 Å². The molecule has 1 N–H and O–H groups in total. The van der Waals surface area contributed by atoms with Crippen LogP contribution in [-0.4, -0.2) is 16.8 Å². The largest absolute Gasteiger partial charge is 0.416 e. The molecule has 0 radical (unpaired) electrons. The summed E-state index contributed by atoms with van der Waals surface area (Å²) >= 11 is 0. The molecule has 22 heavy (non-hydrogen) atoms. The average molecular weight is 310 g/mol. The summed E-state index contributed by atoms with van der Waals surface area (Å²) in [7, 11) is 0. The maximum atomic E-state index is 12.6. The molecule has 0 saturated carbocycles. The van der Waals surface area contributed by atoms with Crippen LogP contribution in [-0.2, 0) is 17.5 Å². The minimum absolute atomic E-state index is 0.0474. The van der Waals surface area contributed by atoms with E-state index in [2.05, 4.69) is 5.32 Å². The summed E-state index contributed by atoms with van der Waals surface area (Å²) in [6.45, 7) is 0.270. The quantitative estimate of drug-likeness (QED) is 0.861. The summed E-state index contributed by atoms with van der Waals surface area (Å²) in [5, 5.41) is 2.41. The second-order valence-corrected chi connectivity index (χ2v) is 4.62. The van der Waals surface area contributed by atoms with Gasteiger partial charge in [-0.1, -0.05) is 6.07 Å². The summed E-state index contributed by atoms with van der Waals surface area (Å²) in [6, 6.07) is 7.72. The molecule has 4 nitrogen and oxygen atoms in total. The summed E-state index contributed by atoms with van der Waals surface area (Å²) in [4.78, 5) is 22.5. The van der Waals surface area contributed by atoms with Gasteiger partial charge in [0.2, 0.25) is 5.91 Å². The number of aromatic nitrogens is 1. The summed E-state index contributed by atoms with van der Waals surface area (Å²) in [6.07, 6.45) is -2.08. The Morgan fingerprint density at radius 2 is 2.00 bits per heavy atom. The lowest BCUT2D eigenvalue weighted by Gasteiger charge is -2.10. The third kappa shape index (κ3) is 3.97. The molecule has 1 amide bonds. The molecule has 1 aromatic heterocycles. The van der Waals surface area contributed by atoms with Crippen LogP contribution < -0.4 is 5.32 Å². The average Bonchev–Trinajstić information content (AvgIpc) is 2.92. The van der Waals surface area contributed by atoms with Crippen LogP contribution in [0.25, 0.3) is 0 Å². The van der Waals surface area contributed by atoms with E-state index in [0.29, 0.717) is 12.0 Å². The maximum absolute atomic E-state index is 12.6. The zero-order chi connectivity index (χ0) is 16.2. The number of nitrogens with zero attached hydrogens (tertiary/aromatic N) is 1. The van der Waals surface area contributed by atoms with Gasteiger partial charge in [-0.05, 0) is 30.3 Å². The highest BCUT2D eigenvalue weighted by molar-refractivity contribution is 5.90. The normalized spacial score (nSPS) is 11.2. The number of carbonyl (C=O) groups excluding carboxylic acids is 2. The smallest absolute Gasteiger partial charge is 0.345 e. The van der Waals surface area contributed by atoms with Crippen molar-refractivity contribution in [2.45, 2.75) is 19.1 Å². The molecule has 0 atom stereocenters. The Bertz CT molecular complexity index is 677. The molecule has 0 aliphatic rings. The van der Waals surface area contributed by atoms with Gasteiger partial charge in [0, 0.05) is 24.8 Å². The fraction of sp³-hybridized carbons (Fsp3) is 0.200. The van der Waals surface area contributed by atoms with Crippen LogP contribution in [0, 0.1) is 0 Å². The molecule has 0 bridgehead atoms. The highest BCUT2D eigenvalue weighted by Crippen LogP contribution is 2.30. The zero-order valence-corrected chi connectivity index (χ0v) is 11.4. The van der Waals surface area contributed by atoms with Crippen LogP contribution in [0.2, 0.25) is 0 Å². The molecular weight excluding hydrogens is 297 g/mol. The third-order valence-corrected chi connectivity index (χ3v) is 3.04. The molecule has 0 spiro atoms. The van der Waals surface area contributed by atoms with Crippen molar-refractivity contribution < 1.29 is 22.8 Å². The van der Waals surface area contributed by atoms with Gasteiger partial charge in [-0.3, -0.25) is 9.59 Å². The first-order valence-electron chi connectivity index (χ1n) is 6.47. The number of hydrogen-bond acceptors (Lipinski definition) is 2. The Morgan fingerprint density at radius 1 is 1.23 bits per heavy atom. The SMILES string of the molecule is O=Cc1cccn1CCC(=O)Nc1cccc(C(F)(F)F)c1. The van der Waals surface area contributed by atoms with Gasteiger partial charge in [-0.25, -0.2) is 0 Å². The van der Waals surface area contributed by atoms with Crippen LogP contribution in [0.3, 0.4) is 0 Å². The van der Waals surface area contributed by atoms with Gasteiger partial charge in [-0.15, -0.1) is 0 Å². The number of aryl methyl sites for hydroxylation is 1. The van der Waals surface area contributed by atoms with Gasteiger partial charge in [0.25, 0.3) is 0 Å². The monoisotopic (exact) mass is 310 g/mol. The molecule has 2 rings (SSSR count). The van der Waals surface area contributed by atoms with E-state index >= 15 is 0 Å². The van der Waals surface area contributed by atoms with Gasteiger partial charge in [0.1, 0.15) is 0 Å². The molecule has 0 aliphatic carbocycles. The Balaban J connectivity index is 1.96. The maximum Gasteiger partial charge on any atom is 0.416 e. The number of alkyl halides is 3. The van der Waals surface area contributed by atoms with Gasteiger partial charge in [-0.2, -0.15) is 13.2 Å². The van der Waals surface area contributed by atoms with Crippen molar-refractivity contribution >= 4 is 17.9 Å². The van der Waals surface area contributed by atoms with Gasteiger partial charge in [0.05, 0.1) is 11.3 Å². The second kappa shape index (κ2) is 6.46. The number of benzene rings is 1. The molecule has 1 heterocycles. The van der Waals surface area contributed by atoms with Crippen LogP contribution >= 0.6 is 0 Å². The van der Waals surface area contributed by atoms with Crippen LogP contribution in [0.15, 0.2) is 42.6 Å². The highest BCUT2D eigenvalue weighted by atomic mass is 19.4. The highest BCUT2D eigenvalue weighted by Gasteiger charge is 2.30. The van der Waals surface area contributed by atoms with Gasteiger partial charge in [0.15, 0.2) is 6.29 Å². The van der Waals surface area contributed by atoms with E-state index in [9.17, 15) is 22.8 Å². The Kier molecular flexibility index (Phi) is 4.65. The summed E-state index contributed by atoms with van der Waals surface area (Å²) < 4.78 is 39.3. The number of halogens is 3. The van der Waals surface area contributed by atoms with Crippen molar-refractivity contribution in [3.8, 4) is 0 Å². The first-order valence-corrected chi connectivity index (χ1v) is 6.47. The van der Waals surface area contributed by atoms with Crippen LogP contribution in [0.4, 0.5) is 18.9 Å². The van der Waals surface area contributed by atoms with Gasteiger partial charge >= 0.3 is 6.18 Å². The molecule has 116 valence electrons. The number of rotatable bonds is 5. The van der Waals surface area contributed by atoms with Crippen LogP contribution in [0.1, 0.15) is 22.5 Å². The molecule has 0 fully saturated rings. The van der Waals surface area contributed by atoms with E-state index in [4.69, 9.17) is 0 Å². The molecule has 7 heteroatoms. The molecule has 0 saturated heterocycles. The molecule has 0 unspecified atom stereocenters. The molecule has 0 aliphatic heterocycles. The van der Waals surface area contributed by atoms with Crippen molar-refractivity contribution in [3.63, 3.8) is 0 Å². The second-order valence-electron chi connectivity index (χ2n) is 4.62. The standard InChI is InChI=1S/C15H13F3N2O2/c16-15(17,18)11-3-1-4-12(9-11)19-14(22)6-8-20-7-2-5-13(20)10-21/h1-5,7,9-10H,6,8H2,(H,19,22). The molecule has 2 aromatic rings. The Morgan fingerprint density at radius 3 is 2.68 bits per heavy atom. The lowest BCUT2D eigenvalue weighted by molar-refractivity contribution is -0.137. The third-order valence-electron chi connectivity index (χ3n) is 3.04. The fourth-order valence-corrected chi connectivity index (χ4v) is 1.96. The number of aldehydes is 1. The van der Waals surface area contributed by atoms with Crippen molar-refractivity contribution in [2.75, 3.05) is 5.32 Å². The van der Waals surface area contributed by atoms with E-state index < -0.39 is 17.6 Å². The minimum atomic E-state index is -4.45. The van der Waals surface area contributed by atoms with E-state index in [1.54, 1.807) is 22.9 Å². The Hall–Kier alpha value is -2.57. The first kappa shape index (κ1) is 15.8. The predicted molar refractivity (Wildman–Crippen MR) is 74.5 cm³/mol. The number of nitrogens with one attached hydrogen (secondary N) is 1. The zero-order valence-electron chi connectivity index (χ0n) is 11.4. The molecular formula is C15H13F3N2O2. The summed E-state index contributed by atoms with van der Waals surface area (Å²) in [5.74, 6) is -0.426. The lowest BCUT2D eigenvalue weighted by atomic mass is 10.2. The number of carbonyl (C=O) groups is 2. The molecule has 1 aromatic carbocycles. The summed E-state index contributed by atoms with van der Waals surface area (Å²) in [5.41, 5.74) is -0.297. The number of amides is 1. The van der Waals surface area contributed by atoms with Gasteiger partial charge < -0.3 is 9.88 Å². The van der Waals surface area contributed by atoms with Crippen LogP contribution in [0.5, 0.6) is 0 Å². The van der Waals surface area contributed by atoms with E-state index in [0.717, 1.165) is 12.1 Å². The van der Waals surface area contributed by atoms with Crippen molar-refractivity contribution in [2.24, 2.45) is 0 Å². The number of hydrogen-bond donors (Lipinski definition) is 1. The van der Waals surface area contributed by atoms with Crippen molar-refractivity contribution in [1.82, 2.24) is 4.57 Å². The van der Waals surface area contributed by atoms with Crippen molar-refractivity contribution in [1.29, 1.82) is 0 Å². The predicted octanol–water partition coefficient (Wildman–Crippen LogP) is 3.35. The first-order chi connectivity index (χ1) is 10.4. The Labute approximate surface area is 124 Å². The lowest BCUT2D eigenvalue weighted by Crippen LogP contribution is -2.15. The minimum Gasteiger partial charge on any atom is -0.345 e. The fourth-order valence-electron chi connectivity index (χ4n) is 1.96. The topological polar surface area (TPSA) is 51.1 Å². The number of anilines is 1. The van der Waals surface area contributed by atoms with E-state index in [1.165, 1.54) is 12.1 Å².